The van der Waals surface area contributed by atoms with E-state index in [-0.39, 0.29) is 0 Å². The Kier molecular flexibility index (Phi) is 5.20. The largest absolute Gasteiger partial charge is 0.497 e. The number of ether oxygens (including phenoxy) is 2. The van der Waals surface area contributed by atoms with E-state index < -0.39 is 5.41 Å². The molecular formula is C39H28O2. The Labute approximate surface area is 240 Å². The van der Waals surface area contributed by atoms with E-state index in [0.29, 0.717) is 0 Å². The molecule has 6 aromatic carbocycles. The van der Waals surface area contributed by atoms with Crippen molar-refractivity contribution in [1.29, 1.82) is 0 Å². The highest BCUT2D eigenvalue weighted by Gasteiger charge is 2.51. The van der Waals surface area contributed by atoms with E-state index >= 15 is 0 Å². The molecule has 0 unspecified atom stereocenters. The first-order chi connectivity index (χ1) is 20.2. The average molecular weight is 529 g/mol. The van der Waals surface area contributed by atoms with E-state index in [0.717, 1.165) is 11.5 Å². The number of fused-ring (bicyclic) bond motifs is 10. The van der Waals surface area contributed by atoms with Crippen molar-refractivity contribution in [2.75, 3.05) is 14.2 Å². The highest BCUT2D eigenvalue weighted by atomic mass is 16.5. The van der Waals surface area contributed by atoms with Crippen molar-refractivity contribution in [2.45, 2.75) is 5.41 Å². The van der Waals surface area contributed by atoms with Crippen molar-refractivity contribution in [2.24, 2.45) is 0 Å². The lowest BCUT2D eigenvalue weighted by atomic mass is 9.70. The zero-order valence-electron chi connectivity index (χ0n) is 23.0. The Morgan fingerprint density at radius 3 is 1.15 bits per heavy atom. The maximum Gasteiger partial charge on any atom is 0.118 e. The van der Waals surface area contributed by atoms with Gasteiger partial charge >= 0.3 is 0 Å². The molecule has 196 valence electrons. The number of benzene rings is 6. The minimum absolute atomic E-state index is 0.400. The lowest BCUT2D eigenvalue weighted by Crippen LogP contribution is -2.26. The summed E-state index contributed by atoms with van der Waals surface area (Å²) in [5, 5.41) is 0. The van der Waals surface area contributed by atoms with Crippen LogP contribution in [0.2, 0.25) is 0 Å². The van der Waals surface area contributed by atoms with Crippen LogP contribution in [0.5, 0.6) is 11.5 Å². The third-order valence-electron chi connectivity index (χ3n) is 8.94. The number of hydrogen-bond donors (Lipinski definition) is 0. The highest BCUT2D eigenvalue weighted by Crippen LogP contribution is 2.63. The predicted octanol–water partition coefficient (Wildman–Crippen LogP) is 9.38. The Balaban J connectivity index is 1.42. The molecular weight excluding hydrogens is 500 g/mol. The maximum absolute atomic E-state index is 5.43. The molecule has 0 N–H and O–H groups in total. The molecule has 0 aromatic heterocycles. The van der Waals surface area contributed by atoms with E-state index in [4.69, 9.17) is 9.47 Å². The van der Waals surface area contributed by atoms with Gasteiger partial charge in [-0.05, 0) is 103 Å². The standard InChI is InChI=1S/C39H28O2/c1-40-29-17-11-25(12-18-29)27-15-21-33-31-7-3-5-9-35(31)39(37(33)23-27)36-10-6-4-8-32(36)34-22-16-28(24-38(34)39)26-13-19-30(41-2)20-14-26/h3-24H,1-2H3. The topological polar surface area (TPSA) is 18.5 Å². The molecule has 0 heterocycles. The zero-order chi connectivity index (χ0) is 27.6. The summed E-state index contributed by atoms with van der Waals surface area (Å²) < 4.78 is 10.9. The van der Waals surface area contributed by atoms with Gasteiger partial charge in [-0.1, -0.05) is 97.1 Å². The molecule has 8 rings (SSSR count). The van der Waals surface area contributed by atoms with E-state index in [1.54, 1.807) is 14.2 Å². The molecule has 41 heavy (non-hydrogen) atoms. The molecule has 2 nitrogen and oxygen atoms in total. The van der Waals surface area contributed by atoms with Gasteiger partial charge in [0.05, 0.1) is 19.6 Å². The summed E-state index contributed by atoms with van der Waals surface area (Å²) in [7, 11) is 3.42. The summed E-state index contributed by atoms with van der Waals surface area (Å²) in [4.78, 5) is 0. The number of hydrogen-bond acceptors (Lipinski definition) is 2. The van der Waals surface area contributed by atoms with E-state index in [1.165, 1.54) is 66.8 Å². The Hall–Kier alpha value is -5.08. The van der Waals surface area contributed by atoms with Gasteiger partial charge in [-0.15, -0.1) is 0 Å². The quantitative estimate of drug-likeness (QED) is 0.227. The summed E-state index contributed by atoms with van der Waals surface area (Å²) in [5.74, 6) is 1.73. The Morgan fingerprint density at radius 1 is 0.366 bits per heavy atom. The maximum atomic E-state index is 5.43. The van der Waals surface area contributed by atoms with Crippen LogP contribution in [0.3, 0.4) is 0 Å². The van der Waals surface area contributed by atoms with Gasteiger partial charge in [-0.2, -0.15) is 0 Å². The molecule has 0 saturated carbocycles. The molecule has 0 bridgehead atoms. The van der Waals surface area contributed by atoms with Crippen LogP contribution < -0.4 is 9.47 Å². The van der Waals surface area contributed by atoms with Crippen molar-refractivity contribution in [3.8, 4) is 56.0 Å². The van der Waals surface area contributed by atoms with Gasteiger partial charge in [0.2, 0.25) is 0 Å². The van der Waals surface area contributed by atoms with Crippen LogP contribution >= 0.6 is 0 Å². The van der Waals surface area contributed by atoms with Crippen molar-refractivity contribution < 1.29 is 9.47 Å². The molecule has 0 aliphatic heterocycles. The van der Waals surface area contributed by atoms with Crippen LogP contribution in [0.25, 0.3) is 44.5 Å². The first-order valence-electron chi connectivity index (χ1n) is 14.0. The van der Waals surface area contributed by atoms with Crippen LogP contribution in [0.1, 0.15) is 22.3 Å². The number of methoxy groups -OCH3 is 2. The summed E-state index contributed by atoms with van der Waals surface area (Å²) in [6.45, 7) is 0. The van der Waals surface area contributed by atoms with E-state index in [2.05, 4.69) is 109 Å². The second kappa shape index (κ2) is 8.97. The van der Waals surface area contributed by atoms with Crippen molar-refractivity contribution in [3.63, 3.8) is 0 Å². The summed E-state index contributed by atoms with van der Waals surface area (Å²) in [5.41, 5.74) is 15.0. The van der Waals surface area contributed by atoms with Crippen LogP contribution in [0.4, 0.5) is 0 Å². The molecule has 6 aromatic rings. The molecule has 2 aliphatic carbocycles. The second-order valence-electron chi connectivity index (χ2n) is 10.8. The van der Waals surface area contributed by atoms with Crippen LogP contribution in [0, 0.1) is 0 Å². The van der Waals surface area contributed by atoms with Gasteiger partial charge in [-0.3, -0.25) is 0 Å². The molecule has 0 fully saturated rings. The fourth-order valence-corrected chi connectivity index (χ4v) is 7.07. The Morgan fingerprint density at radius 2 is 0.732 bits per heavy atom. The summed E-state index contributed by atoms with van der Waals surface area (Å²) in [6.07, 6.45) is 0. The molecule has 0 amide bonds. The van der Waals surface area contributed by atoms with E-state index in [1.807, 2.05) is 24.3 Å². The van der Waals surface area contributed by atoms with Crippen LogP contribution in [-0.4, -0.2) is 14.2 Å². The first-order valence-corrected chi connectivity index (χ1v) is 14.0. The summed E-state index contributed by atoms with van der Waals surface area (Å²) >= 11 is 0. The van der Waals surface area contributed by atoms with Gasteiger partial charge < -0.3 is 9.47 Å². The normalized spacial score (nSPS) is 13.3. The Bertz CT molecular complexity index is 1800. The van der Waals surface area contributed by atoms with Crippen molar-refractivity contribution in [3.05, 3.63) is 156 Å². The molecule has 2 heteroatoms. The lowest BCUT2D eigenvalue weighted by Gasteiger charge is -2.31. The third-order valence-corrected chi connectivity index (χ3v) is 8.94. The van der Waals surface area contributed by atoms with Crippen molar-refractivity contribution in [1.82, 2.24) is 0 Å². The molecule has 1 spiro atoms. The fraction of sp³-hybridized carbons (Fsp3) is 0.0769. The first kappa shape index (κ1) is 23.8. The second-order valence-corrected chi connectivity index (χ2v) is 10.8. The molecule has 2 aliphatic rings. The van der Waals surface area contributed by atoms with Crippen LogP contribution in [0.15, 0.2) is 133 Å². The molecule has 0 radical (unpaired) electrons. The van der Waals surface area contributed by atoms with Crippen molar-refractivity contribution >= 4 is 0 Å². The predicted molar refractivity (Wildman–Crippen MR) is 167 cm³/mol. The third kappa shape index (κ3) is 3.31. The zero-order valence-corrected chi connectivity index (χ0v) is 23.0. The smallest absolute Gasteiger partial charge is 0.118 e. The van der Waals surface area contributed by atoms with E-state index in [9.17, 15) is 0 Å². The highest BCUT2D eigenvalue weighted by molar-refractivity contribution is 5.96. The summed E-state index contributed by atoms with van der Waals surface area (Å²) in [6, 6.07) is 48.6. The van der Waals surface area contributed by atoms with Crippen LogP contribution in [-0.2, 0) is 5.41 Å². The minimum atomic E-state index is -0.400. The lowest BCUT2D eigenvalue weighted by molar-refractivity contribution is 0.415. The van der Waals surface area contributed by atoms with Gasteiger partial charge in [0.25, 0.3) is 0 Å². The fourth-order valence-electron chi connectivity index (χ4n) is 7.07. The van der Waals surface area contributed by atoms with Gasteiger partial charge in [-0.25, -0.2) is 0 Å². The minimum Gasteiger partial charge on any atom is -0.497 e. The molecule has 0 saturated heterocycles. The number of rotatable bonds is 4. The monoisotopic (exact) mass is 528 g/mol. The van der Waals surface area contributed by atoms with Gasteiger partial charge in [0, 0.05) is 0 Å². The van der Waals surface area contributed by atoms with Gasteiger partial charge in [0.1, 0.15) is 11.5 Å². The average Bonchev–Trinajstić information content (AvgIpc) is 3.51. The SMILES string of the molecule is COc1ccc(-c2ccc3c(c2)C2(c4ccccc4-3)c3ccccc3-c3ccc(-c4ccc(OC)cc4)cc32)cc1. The van der Waals surface area contributed by atoms with Gasteiger partial charge in [0.15, 0.2) is 0 Å². The molecule has 0 atom stereocenters.